The van der Waals surface area contributed by atoms with Gasteiger partial charge in [0.05, 0.1) is 23.2 Å². The molecule has 9 heteroatoms. The maximum atomic E-state index is 13.1. The van der Waals surface area contributed by atoms with Crippen molar-refractivity contribution in [2.75, 3.05) is 38.7 Å². The van der Waals surface area contributed by atoms with E-state index in [-0.39, 0.29) is 19.0 Å². The molecule has 0 aliphatic rings. The minimum Gasteiger partial charge on any atom is -0.383 e. The Balaban J connectivity index is 2.11. The van der Waals surface area contributed by atoms with Crippen LogP contribution in [0.25, 0.3) is 0 Å². The lowest BCUT2D eigenvalue weighted by molar-refractivity contribution is -0.132. The summed E-state index contributed by atoms with van der Waals surface area (Å²) in [5, 5.41) is 3.52. The van der Waals surface area contributed by atoms with Gasteiger partial charge in [-0.05, 0) is 36.8 Å². The Morgan fingerprint density at radius 1 is 1.13 bits per heavy atom. The summed E-state index contributed by atoms with van der Waals surface area (Å²) in [5.41, 5.74) is 1.54. The zero-order chi connectivity index (χ0) is 22.8. The van der Waals surface area contributed by atoms with Crippen LogP contribution in [0.3, 0.4) is 0 Å². The molecule has 0 atom stereocenters. The van der Waals surface area contributed by atoms with Gasteiger partial charge in [-0.2, -0.15) is 0 Å². The first-order chi connectivity index (χ1) is 14.8. The molecule has 0 saturated heterocycles. The first-order valence-corrected chi connectivity index (χ1v) is 11.0. The highest BCUT2D eigenvalue weighted by Gasteiger charge is 2.22. The van der Waals surface area contributed by atoms with Gasteiger partial charge in [0, 0.05) is 44.8 Å². The van der Waals surface area contributed by atoms with Gasteiger partial charge in [-0.3, -0.25) is 4.79 Å². The largest absolute Gasteiger partial charge is 0.383 e. The first kappa shape index (κ1) is 25.0. The van der Waals surface area contributed by atoms with Crippen LogP contribution in [0.4, 0.5) is 10.5 Å². The average molecular weight is 469 g/mol. The molecule has 2 rings (SSSR count). The summed E-state index contributed by atoms with van der Waals surface area (Å²) in [4.78, 5) is 29.2. The second kappa shape index (κ2) is 12.6. The fraction of sp³-hybridized carbons (Fsp3) is 0.455. The summed E-state index contributed by atoms with van der Waals surface area (Å²) in [6.07, 6.45) is 3.82. The highest BCUT2D eigenvalue weighted by atomic mass is 35.5. The number of anilines is 1. The second-order valence-electron chi connectivity index (χ2n) is 7.25. The molecule has 0 bridgehead atoms. The van der Waals surface area contributed by atoms with E-state index >= 15 is 0 Å². The third-order valence-corrected chi connectivity index (χ3v) is 5.63. The highest BCUT2D eigenvalue weighted by molar-refractivity contribution is 6.42. The number of hydrogen-bond donors (Lipinski definition) is 1. The number of aryl methyl sites for hydroxylation is 1. The topological polar surface area (TPSA) is 66.8 Å². The van der Waals surface area contributed by atoms with Crippen molar-refractivity contribution in [2.24, 2.45) is 7.05 Å². The summed E-state index contributed by atoms with van der Waals surface area (Å²) < 4.78 is 7.12. The molecule has 1 heterocycles. The van der Waals surface area contributed by atoms with Crippen molar-refractivity contribution in [3.8, 4) is 0 Å². The van der Waals surface area contributed by atoms with Gasteiger partial charge in [0.1, 0.15) is 6.54 Å². The first-order valence-electron chi connectivity index (χ1n) is 10.2. The Kier molecular flexibility index (Phi) is 10.2. The van der Waals surface area contributed by atoms with Gasteiger partial charge in [0.2, 0.25) is 5.91 Å². The number of carbonyl (C=O) groups excluding carboxylic acids is 2. The van der Waals surface area contributed by atoms with Crippen molar-refractivity contribution in [1.29, 1.82) is 0 Å². The van der Waals surface area contributed by atoms with Crippen LogP contribution in [0.15, 0.2) is 36.5 Å². The molecule has 0 saturated carbocycles. The van der Waals surface area contributed by atoms with Gasteiger partial charge in [0.15, 0.2) is 0 Å². The van der Waals surface area contributed by atoms with Crippen LogP contribution in [-0.4, -0.2) is 59.7 Å². The summed E-state index contributed by atoms with van der Waals surface area (Å²) in [6, 6.07) is 8.38. The molecule has 0 fully saturated rings. The van der Waals surface area contributed by atoms with Gasteiger partial charge in [-0.1, -0.05) is 36.5 Å². The molecule has 170 valence electrons. The molecule has 1 aromatic carbocycles. The lowest BCUT2D eigenvalue weighted by Gasteiger charge is -2.28. The number of nitrogens with one attached hydrogen (secondary N) is 1. The molecular weight excluding hydrogens is 439 g/mol. The van der Waals surface area contributed by atoms with Gasteiger partial charge < -0.3 is 24.4 Å². The van der Waals surface area contributed by atoms with Crippen LogP contribution in [0.2, 0.25) is 10.0 Å². The zero-order valence-electron chi connectivity index (χ0n) is 18.2. The lowest BCUT2D eigenvalue weighted by atomic mass is 10.2. The number of aromatic nitrogens is 1. The van der Waals surface area contributed by atoms with E-state index in [1.807, 2.05) is 29.9 Å². The summed E-state index contributed by atoms with van der Waals surface area (Å²) in [5.74, 6) is -0.116. The van der Waals surface area contributed by atoms with Crippen molar-refractivity contribution in [2.45, 2.75) is 26.3 Å². The highest BCUT2D eigenvalue weighted by Crippen LogP contribution is 2.25. The molecule has 0 aliphatic heterocycles. The van der Waals surface area contributed by atoms with E-state index in [1.54, 1.807) is 30.2 Å². The van der Waals surface area contributed by atoms with E-state index in [0.717, 1.165) is 18.5 Å². The number of methoxy groups -OCH3 is 1. The summed E-state index contributed by atoms with van der Waals surface area (Å²) >= 11 is 12.0. The predicted molar refractivity (Wildman–Crippen MR) is 125 cm³/mol. The predicted octanol–water partition coefficient (Wildman–Crippen LogP) is 4.64. The zero-order valence-corrected chi connectivity index (χ0v) is 19.7. The Morgan fingerprint density at radius 2 is 1.90 bits per heavy atom. The summed E-state index contributed by atoms with van der Waals surface area (Å²) in [6.45, 7) is 3.75. The Labute approximate surface area is 193 Å². The van der Waals surface area contributed by atoms with E-state index in [1.165, 1.54) is 4.90 Å². The number of urea groups is 1. The van der Waals surface area contributed by atoms with Crippen LogP contribution in [-0.2, 0) is 23.1 Å². The fourth-order valence-corrected chi connectivity index (χ4v) is 3.29. The van der Waals surface area contributed by atoms with Crippen molar-refractivity contribution in [1.82, 2.24) is 14.4 Å². The van der Waals surface area contributed by atoms with Gasteiger partial charge in [-0.25, -0.2) is 4.79 Å². The molecule has 0 radical (unpaired) electrons. The van der Waals surface area contributed by atoms with E-state index < -0.39 is 6.03 Å². The van der Waals surface area contributed by atoms with Gasteiger partial charge in [0.25, 0.3) is 0 Å². The number of hydrogen-bond acceptors (Lipinski definition) is 3. The van der Waals surface area contributed by atoms with E-state index in [2.05, 4.69) is 12.2 Å². The van der Waals surface area contributed by atoms with Gasteiger partial charge in [-0.15, -0.1) is 0 Å². The number of carbonyl (C=O) groups is 2. The smallest absolute Gasteiger partial charge is 0.322 e. The van der Waals surface area contributed by atoms with Crippen LogP contribution < -0.4 is 5.32 Å². The normalized spacial score (nSPS) is 10.7. The quantitative estimate of drug-likeness (QED) is 0.522. The lowest BCUT2D eigenvalue weighted by Crippen LogP contribution is -2.45. The van der Waals surface area contributed by atoms with E-state index in [4.69, 9.17) is 27.9 Å². The van der Waals surface area contributed by atoms with Gasteiger partial charge >= 0.3 is 6.03 Å². The molecule has 31 heavy (non-hydrogen) atoms. The Hall–Kier alpha value is -2.22. The van der Waals surface area contributed by atoms with E-state index in [0.29, 0.717) is 35.4 Å². The van der Waals surface area contributed by atoms with Crippen molar-refractivity contribution < 1.29 is 14.3 Å². The Morgan fingerprint density at radius 3 is 2.52 bits per heavy atom. The standard InChI is InChI=1S/C22H30Cl2N4O3/c1-4-5-11-27(15-18-7-6-10-26(18)2)21(29)16-28(12-13-31-3)22(30)25-17-8-9-19(23)20(24)14-17/h6-10,14H,4-5,11-13,15-16H2,1-3H3,(H,25,30). The number of halogens is 2. The average Bonchev–Trinajstić information content (AvgIpc) is 3.15. The summed E-state index contributed by atoms with van der Waals surface area (Å²) in [7, 11) is 3.51. The molecular formula is C22H30Cl2N4O3. The number of amides is 3. The maximum Gasteiger partial charge on any atom is 0.322 e. The molecule has 2 aromatic rings. The number of nitrogens with zero attached hydrogens (tertiary/aromatic N) is 3. The molecule has 3 amide bonds. The van der Waals surface area contributed by atoms with Crippen molar-refractivity contribution >= 4 is 40.8 Å². The number of rotatable bonds is 11. The van der Waals surface area contributed by atoms with Crippen LogP contribution in [0.5, 0.6) is 0 Å². The van der Waals surface area contributed by atoms with Crippen molar-refractivity contribution in [3.63, 3.8) is 0 Å². The molecule has 1 aromatic heterocycles. The van der Waals surface area contributed by atoms with Crippen LogP contribution in [0.1, 0.15) is 25.5 Å². The molecule has 0 unspecified atom stereocenters. The van der Waals surface area contributed by atoms with Crippen molar-refractivity contribution in [3.05, 3.63) is 52.3 Å². The second-order valence-corrected chi connectivity index (χ2v) is 8.07. The maximum absolute atomic E-state index is 13.1. The third-order valence-electron chi connectivity index (χ3n) is 4.89. The molecule has 7 nitrogen and oxygen atoms in total. The van der Waals surface area contributed by atoms with Crippen LogP contribution in [0, 0.1) is 0 Å². The SMILES string of the molecule is CCCCN(Cc1cccn1C)C(=O)CN(CCOC)C(=O)Nc1ccc(Cl)c(Cl)c1. The Bertz CT molecular complexity index is 872. The number of ether oxygens (including phenoxy) is 1. The van der Waals surface area contributed by atoms with Crippen LogP contribution >= 0.6 is 23.2 Å². The minimum absolute atomic E-state index is 0.0509. The third kappa shape index (κ3) is 7.76. The fourth-order valence-electron chi connectivity index (χ4n) is 2.99. The van der Waals surface area contributed by atoms with E-state index in [9.17, 15) is 9.59 Å². The minimum atomic E-state index is -0.405. The number of unbranched alkanes of at least 4 members (excludes halogenated alkanes) is 1. The molecule has 0 spiro atoms. The molecule has 1 N–H and O–H groups in total. The number of benzene rings is 1. The molecule has 0 aliphatic carbocycles. The monoisotopic (exact) mass is 468 g/mol.